The summed E-state index contributed by atoms with van der Waals surface area (Å²) in [6.45, 7) is 4.56. The summed E-state index contributed by atoms with van der Waals surface area (Å²) in [6.07, 6.45) is 13.0. The second-order valence-electron chi connectivity index (χ2n) is 12.0. The van der Waals surface area contributed by atoms with Crippen LogP contribution in [-0.4, -0.2) is 0 Å². The summed E-state index contributed by atoms with van der Waals surface area (Å²) in [5.74, 6) is 0. The molecule has 0 nitrogen and oxygen atoms in total. The van der Waals surface area contributed by atoms with Gasteiger partial charge in [-0.15, -0.1) is 56.7 Å². The zero-order chi connectivity index (χ0) is 30.6. The second kappa shape index (κ2) is 14.5. The molecule has 0 radical (unpaired) electrons. The van der Waals surface area contributed by atoms with Crippen LogP contribution in [0.15, 0.2) is 84.9 Å². The van der Waals surface area contributed by atoms with Gasteiger partial charge in [-0.2, -0.15) is 0 Å². The monoisotopic (exact) mass is 680 g/mol. The van der Waals surface area contributed by atoms with Crippen LogP contribution in [0, 0.1) is 0 Å². The van der Waals surface area contributed by atoms with E-state index in [0.717, 1.165) is 0 Å². The summed E-state index contributed by atoms with van der Waals surface area (Å²) in [6, 6.07) is 32.7. The van der Waals surface area contributed by atoms with Gasteiger partial charge < -0.3 is 0 Å². The number of thiophene rings is 5. The Morgan fingerprint density at radius 3 is 1.27 bits per heavy atom. The van der Waals surface area contributed by atoms with Crippen molar-refractivity contribution in [3.05, 3.63) is 94.7 Å². The highest BCUT2D eigenvalue weighted by molar-refractivity contribution is 7.26. The Hall–Kier alpha value is -2.54. The maximum atomic E-state index is 2.43. The molecule has 0 aliphatic carbocycles. The van der Waals surface area contributed by atoms with E-state index < -0.39 is 0 Å². The van der Waals surface area contributed by atoms with Crippen molar-refractivity contribution in [1.29, 1.82) is 0 Å². The van der Waals surface area contributed by atoms with E-state index in [-0.39, 0.29) is 0 Å². The zero-order valence-electron chi connectivity index (χ0n) is 26.2. The van der Waals surface area contributed by atoms with E-state index in [0.29, 0.717) is 0 Å². The number of fused-ring (bicyclic) bond motifs is 3. The van der Waals surface area contributed by atoms with Crippen molar-refractivity contribution in [2.24, 2.45) is 0 Å². The number of unbranched alkanes of at least 4 members (excludes halogenated alkanes) is 6. The third-order valence-corrected chi connectivity index (χ3v) is 14.7. The molecule has 0 saturated carbocycles. The third-order valence-electron chi connectivity index (χ3n) is 8.61. The molecule has 230 valence electrons. The van der Waals surface area contributed by atoms with Gasteiger partial charge in [-0.3, -0.25) is 0 Å². The Morgan fingerprint density at radius 1 is 0.378 bits per heavy atom. The first-order valence-corrected chi connectivity index (χ1v) is 20.6. The topological polar surface area (TPSA) is 0 Å². The number of benzene rings is 2. The van der Waals surface area contributed by atoms with Gasteiger partial charge in [0.05, 0.1) is 0 Å². The molecule has 5 heterocycles. The van der Waals surface area contributed by atoms with Gasteiger partial charge in [-0.25, -0.2) is 0 Å². The van der Waals surface area contributed by atoms with Crippen molar-refractivity contribution < 1.29 is 0 Å². The van der Waals surface area contributed by atoms with E-state index in [4.69, 9.17) is 0 Å². The minimum atomic E-state index is 1.22. The molecule has 2 aromatic carbocycles. The summed E-state index contributed by atoms with van der Waals surface area (Å²) in [4.78, 5) is 11.3. The Kier molecular flexibility index (Phi) is 10.0. The van der Waals surface area contributed by atoms with Gasteiger partial charge in [0.2, 0.25) is 0 Å². The summed E-state index contributed by atoms with van der Waals surface area (Å²) < 4.78 is 2.73. The first kappa shape index (κ1) is 31.1. The van der Waals surface area contributed by atoms with E-state index in [1.807, 2.05) is 56.7 Å². The summed E-state index contributed by atoms with van der Waals surface area (Å²) in [5, 5.41) is 2.75. The van der Waals surface area contributed by atoms with Crippen molar-refractivity contribution in [1.82, 2.24) is 0 Å². The Morgan fingerprint density at radius 2 is 0.800 bits per heavy atom. The average molecular weight is 681 g/mol. The van der Waals surface area contributed by atoms with Crippen LogP contribution in [0.1, 0.15) is 75.0 Å². The molecule has 0 amide bonds. The molecule has 0 N–H and O–H groups in total. The number of hydrogen-bond donors (Lipinski definition) is 0. The van der Waals surface area contributed by atoms with E-state index in [1.165, 1.54) is 135 Å². The second-order valence-corrected chi connectivity index (χ2v) is 17.6. The highest BCUT2D eigenvalue weighted by Crippen LogP contribution is 2.43. The summed E-state index contributed by atoms with van der Waals surface area (Å²) >= 11 is 9.71. The van der Waals surface area contributed by atoms with Gasteiger partial charge in [0.1, 0.15) is 0 Å². The minimum absolute atomic E-state index is 1.22. The Bertz CT molecular complexity index is 1860. The molecule has 0 atom stereocenters. The van der Waals surface area contributed by atoms with Crippen LogP contribution in [0.5, 0.6) is 0 Å². The maximum Gasteiger partial charge on any atom is 0.0449 e. The normalized spacial score (nSPS) is 11.8. The molecule has 5 aromatic heterocycles. The fourth-order valence-corrected chi connectivity index (χ4v) is 11.4. The molecule has 0 aliphatic rings. The van der Waals surface area contributed by atoms with Gasteiger partial charge in [0, 0.05) is 59.2 Å². The van der Waals surface area contributed by atoms with Crippen LogP contribution in [-0.2, 0) is 12.8 Å². The summed E-state index contributed by atoms with van der Waals surface area (Å²) in [5.41, 5.74) is 2.64. The van der Waals surface area contributed by atoms with Gasteiger partial charge in [0.15, 0.2) is 0 Å². The average Bonchev–Trinajstić information content (AvgIpc) is 3.90. The van der Waals surface area contributed by atoms with Crippen molar-refractivity contribution in [2.75, 3.05) is 0 Å². The Balaban J connectivity index is 1.10. The fourth-order valence-electron chi connectivity index (χ4n) is 6.08. The zero-order valence-corrected chi connectivity index (χ0v) is 30.3. The largest absolute Gasteiger partial charge is 0.139 e. The maximum absolute atomic E-state index is 2.43. The highest BCUT2D eigenvalue weighted by atomic mass is 32.1. The number of rotatable bonds is 14. The van der Waals surface area contributed by atoms with E-state index in [2.05, 4.69) is 98.8 Å². The molecule has 0 bridgehead atoms. The fraction of sp³-hybridized carbons (Fsp3) is 0.300. The molecule has 0 spiro atoms. The lowest BCUT2D eigenvalue weighted by molar-refractivity contribution is 0.670. The molecule has 0 saturated heterocycles. The molecule has 0 fully saturated rings. The number of aryl methyl sites for hydroxylation is 2. The van der Waals surface area contributed by atoms with Gasteiger partial charge in [0.25, 0.3) is 0 Å². The summed E-state index contributed by atoms with van der Waals surface area (Å²) in [7, 11) is 0. The molecule has 0 aliphatic heterocycles. The molecule has 45 heavy (non-hydrogen) atoms. The van der Waals surface area contributed by atoms with Crippen molar-refractivity contribution in [2.45, 2.75) is 78.1 Å². The SMILES string of the molecule is CCCCCCc1ccc(-c2ccc(-c3ccc4sc5ccc(-c6ccc(-c7ccc(CCCCCC)s7)s6)cc5c4c3)s2)s1. The lowest BCUT2D eigenvalue weighted by Gasteiger charge is -2.01. The molecular weight excluding hydrogens is 641 g/mol. The minimum Gasteiger partial charge on any atom is -0.139 e. The van der Waals surface area contributed by atoms with Crippen LogP contribution in [0.2, 0.25) is 0 Å². The van der Waals surface area contributed by atoms with Crippen LogP contribution < -0.4 is 0 Å². The van der Waals surface area contributed by atoms with Crippen molar-refractivity contribution in [3.8, 4) is 40.4 Å². The first-order valence-electron chi connectivity index (χ1n) is 16.5. The third kappa shape index (κ3) is 7.08. The molecule has 7 rings (SSSR count). The molecule has 0 unspecified atom stereocenters. The van der Waals surface area contributed by atoms with Crippen LogP contribution in [0.25, 0.3) is 60.6 Å². The van der Waals surface area contributed by atoms with E-state index in [1.54, 1.807) is 0 Å². The van der Waals surface area contributed by atoms with Crippen LogP contribution in [0.4, 0.5) is 0 Å². The van der Waals surface area contributed by atoms with E-state index >= 15 is 0 Å². The van der Waals surface area contributed by atoms with Gasteiger partial charge >= 0.3 is 0 Å². The highest BCUT2D eigenvalue weighted by Gasteiger charge is 2.13. The van der Waals surface area contributed by atoms with Gasteiger partial charge in [-0.05, 0) is 110 Å². The lowest BCUT2D eigenvalue weighted by atomic mass is 10.1. The molecule has 7 aromatic rings. The first-order chi connectivity index (χ1) is 22.2. The van der Waals surface area contributed by atoms with Crippen LogP contribution >= 0.6 is 56.7 Å². The van der Waals surface area contributed by atoms with Crippen molar-refractivity contribution in [3.63, 3.8) is 0 Å². The van der Waals surface area contributed by atoms with Crippen molar-refractivity contribution >= 4 is 76.9 Å². The number of hydrogen-bond acceptors (Lipinski definition) is 5. The predicted molar refractivity (Wildman–Crippen MR) is 208 cm³/mol. The van der Waals surface area contributed by atoms with Crippen LogP contribution in [0.3, 0.4) is 0 Å². The molecular formula is C40H40S5. The standard InChI is InChI=1S/C40H40S5/c1-3-5-7-9-11-29-15-19-37(41-29)39-23-21-33(43-39)27-13-17-35-31(25-27)32-26-28(14-18-36(32)45-35)34-22-24-40(44-34)38-20-16-30(42-38)12-10-8-6-4-2/h13-26H,3-12H2,1-2H3. The van der Waals surface area contributed by atoms with Gasteiger partial charge in [-0.1, -0.05) is 64.5 Å². The lowest BCUT2D eigenvalue weighted by Crippen LogP contribution is -1.80. The quantitative estimate of drug-likeness (QED) is 0.100. The molecule has 5 heteroatoms. The van der Waals surface area contributed by atoms with E-state index in [9.17, 15) is 0 Å². The predicted octanol–water partition coefficient (Wildman–Crippen LogP) is 15.2. The Labute approximate surface area is 288 Å². The smallest absolute Gasteiger partial charge is 0.0449 e.